The minimum atomic E-state index is -0.280. The van der Waals surface area contributed by atoms with E-state index in [9.17, 15) is 4.79 Å². The monoisotopic (exact) mass is 296 g/mol. The number of carbonyl (C=O) groups is 1. The standard InChI is InChI=1S/C18H20N2O2/c1-2-22-17-10-6-4-8-14(17)15(19)12-20-16-9-5-3-7-13(16)11-18(20)21/h3-10,15H,2,11-12,19H2,1H3. The number of hydrogen-bond donors (Lipinski definition) is 1. The van der Waals surface area contributed by atoms with Gasteiger partial charge in [0.25, 0.3) is 0 Å². The zero-order valence-electron chi connectivity index (χ0n) is 12.7. The summed E-state index contributed by atoms with van der Waals surface area (Å²) in [5, 5.41) is 0. The summed E-state index contributed by atoms with van der Waals surface area (Å²) >= 11 is 0. The average molecular weight is 296 g/mol. The van der Waals surface area contributed by atoms with E-state index in [1.54, 1.807) is 4.90 Å². The number of anilines is 1. The van der Waals surface area contributed by atoms with E-state index in [1.807, 2.05) is 55.5 Å². The van der Waals surface area contributed by atoms with Crippen LogP contribution in [0.25, 0.3) is 0 Å². The van der Waals surface area contributed by atoms with Crippen molar-refractivity contribution in [1.29, 1.82) is 0 Å². The van der Waals surface area contributed by atoms with Gasteiger partial charge in [-0.15, -0.1) is 0 Å². The fourth-order valence-corrected chi connectivity index (χ4v) is 2.89. The zero-order valence-corrected chi connectivity index (χ0v) is 12.7. The Kier molecular flexibility index (Phi) is 4.11. The van der Waals surface area contributed by atoms with Gasteiger partial charge in [-0.25, -0.2) is 0 Å². The first-order valence-electron chi connectivity index (χ1n) is 7.56. The highest BCUT2D eigenvalue weighted by atomic mass is 16.5. The number of nitrogens with zero attached hydrogens (tertiary/aromatic N) is 1. The van der Waals surface area contributed by atoms with Crippen LogP contribution in [0.15, 0.2) is 48.5 Å². The third-order valence-corrected chi connectivity index (χ3v) is 3.92. The molecule has 3 rings (SSSR count). The first-order chi connectivity index (χ1) is 10.7. The molecule has 0 bridgehead atoms. The van der Waals surface area contributed by atoms with Crippen LogP contribution in [0.4, 0.5) is 5.69 Å². The second kappa shape index (κ2) is 6.20. The lowest BCUT2D eigenvalue weighted by atomic mass is 10.1. The van der Waals surface area contributed by atoms with Crippen LogP contribution in [-0.2, 0) is 11.2 Å². The van der Waals surface area contributed by atoms with Crippen LogP contribution in [0.5, 0.6) is 5.75 Å². The number of nitrogens with two attached hydrogens (primary N) is 1. The lowest BCUT2D eigenvalue weighted by Crippen LogP contribution is -2.34. The van der Waals surface area contributed by atoms with Crippen molar-refractivity contribution in [2.75, 3.05) is 18.1 Å². The molecule has 0 aliphatic carbocycles. The minimum absolute atomic E-state index is 0.102. The summed E-state index contributed by atoms with van der Waals surface area (Å²) in [4.78, 5) is 14.0. The number of ether oxygens (including phenoxy) is 1. The third kappa shape index (κ3) is 2.70. The molecule has 1 unspecified atom stereocenters. The lowest BCUT2D eigenvalue weighted by molar-refractivity contribution is -0.117. The Hall–Kier alpha value is -2.33. The normalized spacial score (nSPS) is 14.8. The molecule has 1 aliphatic heterocycles. The summed E-state index contributed by atoms with van der Waals surface area (Å²) in [6.07, 6.45) is 0.454. The van der Waals surface area contributed by atoms with Gasteiger partial charge < -0.3 is 15.4 Å². The first kappa shape index (κ1) is 14.6. The molecule has 1 atom stereocenters. The van der Waals surface area contributed by atoms with E-state index in [4.69, 9.17) is 10.5 Å². The fraction of sp³-hybridized carbons (Fsp3) is 0.278. The summed E-state index contributed by atoms with van der Waals surface area (Å²) in [5.74, 6) is 0.892. The minimum Gasteiger partial charge on any atom is -0.494 e. The second-order valence-electron chi connectivity index (χ2n) is 5.39. The smallest absolute Gasteiger partial charge is 0.231 e. The van der Waals surface area contributed by atoms with Crippen LogP contribution in [0.2, 0.25) is 0 Å². The molecule has 114 valence electrons. The van der Waals surface area contributed by atoms with E-state index in [-0.39, 0.29) is 11.9 Å². The Balaban J connectivity index is 1.83. The predicted octanol–water partition coefficient (Wildman–Crippen LogP) is 2.67. The number of amides is 1. The Morgan fingerprint density at radius 1 is 1.18 bits per heavy atom. The summed E-state index contributed by atoms with van der Waals surface area (Å²) in [7, 11) is 0. The van der Waals surface area contributed by atoms with Gasteiger partial charge in [0, 0.05) is 17.8 Å². The lowest BCUT2D eigenvalue weighted by Gasteiger charge is -2.23. The molecule has 4 nitrogen and oxygen atoms in total. The van der Waals surface area contributed by atoms with Gasteiger partial charge >= 0.3 is 0 Å². The molecule has 1 aliphatic rings. The van der Waals surface area contributed by atoms with Crippen molar-refractivity contribution in [1.82, 2.24) is 0 Å². The molecule has 0 spiro atoms. The summed E-state index contributed by atoms with van der Waals surface area (Å²) in [6, 6.07) is 15.3. The highest BCUT2D eigenvalue weighted by Crippen LogP contribution is 2.31. The predicted molar refractivity (Wildman–Crippen MR) is 87.0 cm³/mol. The maximum Gasteiger partial charge on any atom is 0.231 e. The Labute approximate surface area is 130 Å². The van der Waals surface area contributed by atoms with Gasteiger partial charge in [-0.3, -0.25) is 4.79 Å². The van der Waals surface area contributed by atoms with E-state index in [1.165, 1.54) is 0 Å². The fourth-order valence-electron chi connectivity index (χ4n) is 2.89. The molecule has 4 heteroatoms. The van der Waals surface area contributed by atoms with E-state index >= 15 is 0 Å². The van der Waals surface area contributed by atoms with Gasteiger partial charge in [0.05, 0.1) is 19.1 Å². The van der Waals surface area contributed by atoms with Crippen LogP contribution >= 0.6 is 0 Å². The summed E-state index contributed by atoms with van der Waals surface area (Å²) < 4.78 is 5.64. The molecule has 1 heterocycles. The van der Waals surface area contributed by atoms with Crippen molar-refractivity contribution >= 4 is 11.6 Å². The van der Waals surface area contributed by atoms with E-state index in [2.05, 4.69) is 0 Å². The van der Waals surface area contributed by atoms with Crippen molar-refractivity contribution in [3.63, 3.8) is 0 Å². The number of fused-ring (bicyclic) bond motifs is 1. The number of hydrogen-bond acceptors (Lipinski definition) is 3. The molecule has 2 N–H and O–H groups in total. The van der Waals surface area contributed by atoms with Gasteiger partial charge in [0.2, 0.25) is 5.91 Å². The van der Waals surface area contributed by atoms with Gasteiger partial charge in [-0.1, -0.05) is 36.4 Å². The van der Waals surface area contributed by atoms with Crippen LogP contribution in [0, 0.1) is 0 Å². The highest BCUT2D eigenvalue weighted by molar-refractivity contribution is 6.01. The summed E-state index contributed by atoms with van der Waals surface area (Å²) in [5.41, 5.74) is 9.32. The average Bonchev–Trinajstić information content (AvgIpc) is 2.84. The molecular formula is C18H20N2O2. The van der Waals surface area contributed by atoms with Crippen molar-refractivity contribution in [2.45, 2.75) is 19.4 Å². The quantitative estimate of drug-likeness (QED) is 0.923. The topological polar surface area (TPSA) is 55.6 Å². The molecule has 0 aromatic heterocycles. The molecule has 1 amide bonds. The summed E-state index contributed by atoms with van der Waals surface area (Å²) in [6.45, 7) is 3.00. The molecule has 2 aromatic rings. The molecular weight excluding hydrogens is 276 g/mol. The number of rotatable bonds is 5. The highest BCUT2D eigenvalue weighted by Gasteiger charge is 2.28. The molecule has 0 fully saturated rings. The molecule has 2 aromatic carbocycles. The van der Waals surface area contributed by atoms with Gasteiger partial charge in [0.1, 0.15) is 5.75 Å². The van der Waals surface area contributed by atoms with Crippen molar-refractivity contribution < 1.29 is 9.53 Å². The molecule has 0 radical (unpaired) electrons. The zero-order chi connectivity index (χ0) is 15.5. The van der Waals surface area contributed by atoms with Crippen molar-refractivity contribution in [3.8, 4) is 5.75 Å². The molecule has 0 saturated carbocycles. The van der Waals surface area contributed by atoms with E-state index < -0.39 is 0 Å². The maximum absolute atomic E-state index is 12.2. The Morgan fingerprint density at radius 3 is 2.73 bits per heavy atom. The van der Waals surface area contributed by atoms with Crippen molar-refractivity contribution in [2.24, 2.45) is 5.73 Å². The maximum atomic E-state index is 12.2. The first-order valence-corrected chi connectivity index (χ1v) is 7.56. The van der Waals surface area contributed by atoms with Gasteiger partial charge in [0.15, 0.2) is 0 Å². The van der Waals surface area contributed by atoms with Gasteiger partial charge in [-0.05, 0) is 24.6 Å². The van der Waals surface area contributed by atoms with E-state index in [0.717, 1.165) is 22.6 Å². The van der Waals surface area contributed by atoms with Crippen LogP contribution in [0.3, 0.4) is 0 Å². The van der Waals surface area contributed by atoms with Crippen LogP contribution in [0.1, 0.15) is 24.1 Å². The number of para-hydroxylation sites is 2. The molecule has 22 heavy (non-hydrogen) atoms. The Bertz CT molecular complexity index is 684. The van der Waals surface area contributed by atoms with Crippen molar-refractivity contribution in [3.05, 3.63) is 59.7 Å². The van der Waals surface area contributed by atoms with E-state index in [0.29, 0.717) is 19.6 Å². The van der Waals surface area contributed by atoms with Crippen LogP contribution in [-0.4, -0.2) is 19.1 Å². The third-order valence-electron chi connectivity index (χ3n) is 3.92. The second-order valence-corrected chi connectivity index (χ2v) is 5.39. The largest absolute Gasteiger partial charge is 0.494 e. The molecule has 0 saturated heterocycles. The van der Waals surface area contributed by atoms with Crippen LogP contribution < -0.4 is 15.4 Å². The SMILES string of the molecule is CCOc1ccccc1C(N)CN1C(=O)Cc2ccccc21. The van der Waals surface area contributed by atoms with Gasteiger partial charge in [-0.2, -0.15) is 0 Å². The number of carbonyl (C=O) groups excluding carboxylic acids is 1. The Morgan fingerprint density at radius 2 is 1.91 bits per heavy atom. The number of benzene rings is 2.